The summed E-state index contributed by atoms with van der Waals surface area (Å²) in [6.07, 6.45) is 4.69. The van der Waals surface area contributed by atoms with E-state index in [1.54, 1.807) is 23.4 Å². The average Bonchev–Trinajstić information content (AvgIpc) is 2.67. The van der Waals surface area contributed by atoms with Gasteiger partial charge in [0, 0.05) is 50.8 Å². The molecule has 2 amide bonds. The summed E-state index contributed by atoms with van der Waals surface area (Å²) in [5.41, 5.74) is 0.0198. The van der Waals surface area contributed by atoms with Crippen LogP contribution in [0.25, 0.3) is 0 Å². The third-order valence-corrected chi connectivity index (χ3v) is 3.91. The Labute approximate surface area is 143 Å². The molecule has 0 unspecified atom stereocenters. The minimum atomic E-state index is -0.402. The standard InChI is InChI=1S/C16H18N6O3/c23-13-3-2-12(10-19-13)15(25)20-11-14(24)21-6-8-22(9-7-21)16-17-4-1-5-18-16/h1-5,10H,6-9,11H2,(H,19,23)(H,20,25). The van der Waals surface area contributed by atoms with Gasteiger partial charge in [0.15, 0.2) is 0 Å². The highest BCUT2D eigenvalue weighted by Crippen LogP contribution is 2.09. The minimum Gasteiger partial charge on any atom is -0.343 e. The van der Waals surface area contributed by atoms with Crippen LogP contribution in [0.4, 0.5) is 5.95 Å². The van der Waals surface area contributed by atoms with Gasteiger partial charge < -0.3 is 20.1 Å². The fraction of sp³-hybridized carbons (Fsp3) is 0.312. The van der Waals surface area contributed by atoms with Gasteiger partial charge in [0.2, 0.25) is 17.4 Å². The predicted molar refractivity (Wildman–Crippen MR) is 90.2 cm³/mol. The lowest BCUT2D eigenvalue weighted by Crippen LogP contribution is -2.51. The number of hydrogen-bond donors (Lipinski definition) is 2. The Morgan fingerprint density at radius 2 is 1.84 bits per heavy atom. The lowest BCUT2D eigenvalue weighted by molar-refractivity contribution is -0.130. The molecule has 2 aromatic rings. The monoisotopic (exact) mass is 342 g/mol. The van der Waals surface area contributed by atoms with Crippen LogP contribution in [0.1, 0.15) is 10.4 Å². The van der Waals surface area contributed by atoms with Crippen LogP contribution in [0.3, 0.4) is 0 Å². The number of aromatic nitrogens is 3. The molecule has 1 aliphatic heterocycles. The molecule has 0 radical (unpaired) electrons. The zero-order valence-corrected chi connectivity index (χ0v) is 13.5. The number of piperazine rings is 1. The van der Waals surface area contributed by atoms with Crippen LogP contribution in [0.15, 0.2) is 41.6 Å². The summed E-state index contributed by atoms with van der Waals surface area (Å²) >= 11 is 0. The molecule has 1 fully saturated rings. The largest absolute Gasteiger partial charge is 0.343 e. The number of hydrogen-bond acceptors (Lipinski definition) is 6. The maximum atomic E-state index is 12.2. The van der Waals surface area contributed by atoms with E-state index in [-0.39, 0.29) is 18.0 Å². The fourth-order valence-electron chi connectivity index (χ4n) is 2.53. The Bertz CT molecular complexity index is 779. The van der Waals surface area contributed by atoms with Gasteiger partial charge in [-0.1, -0.05) is 0 Å². The van der Waals surface area contributed by atoms with E-state index in [4.69, 9.17) is 0 Å². The molecule has 0 saturated carbocycles. The summed E-state index contributed by atoms with van der Waals surface area (Å²) in [5, 5.41) is 2.57. The lowest BCUT2D eigenvalue weighted by Gasteiger charge is -2.34. The number of H-pyrrole nitrogens is 1. The Kier molecular flexibility index (Phi) is 5.03. The molecule has 2 aromatic heterocycles. The van der Waals surface area contributed by atoms with Gasteiger partial charge in [0.05, 0.1) is 12.1 Å². The SMILES string of the molecule is O=C(NCC(=O)N1CCN(c2ncccn2)CC1)c1ccc(=O)[nH]c1. The molecule has 1 aliphatic rings. The Hall–Kier alpha value is -3.23. The highest BCUT2D eigenvalue weighted by Gasteiger charge is 2.22. The zero-order valence-electron chi connectivity index (χ0n) is 13.5. The van der Waals surface area contributed by atoms with Gasteiger partial charge in [-0.25, -0.2) is 9.97 Å². The number of pyridine rings is 1. The van der Waals surface area contributed by atoms with Crippen molar-refractivity contribution in [1.82, 2.24) is 25.2 Å². The molecule has 3 heterocycles. The van der Waals surface area contributed by atoms with Gasteiger partial charge in [-0.2, -0.15) is 0 Å². The maximum absolute atomic E-state index is 12.2. The van der Waals surface area contributed by atoms with Crippen LogP contribution in [0.5, 0.6) is 0 Å². The third-order valence-electron chi connectivity index (χ3n) is 3.91. The first-order valence-electron chi connectivity index (χ1n) is 7.90. The summed E-state index contributed by atoms with van der Waals surface area (Å²) in [6, 6.07) is 4.44. The van der Waals surface area contributed by atoms with Crippen molar-refractivity contribution in [3.63, 3.8) is 0 Å². The second-order valence-electron chi connectivity index (χ2n) is 5.54. The van der Waals surface area contributed by atoms with Crippen molar-refractivity contribution in [2.24, 2.45) is 0 Å². The zero-order chi connectivity index (χ0) is 17.6. The Morgan fingerprint density at radius 3 is 2.48 bits per heavy atom. The van der Waals surface area contributed by atoms with E-state index in [1.807, 2.05) is 4.90 Å². The molecule has 1 saturated heterocycles. The van der Waals surface area contributed by atoms with E-state index in [0.717, 1.165) is 0 Å². The van der Waals surface area contributed by atoms with Gasteiger partial charge >= 0.3 is 0 Å². The molecule has 9 nitrogen and oxygen atoms in total. The number of nitrogens with zero attached hydrogens (tertiary/aromatic N) is 4. The van der Waals surface area contributed by atoms with Crippen molar-refractivity contribution < 1.29 is 9.59 Å². The molecule has 9 heteroatoms. The van der Waals surface area contributed by atoms with E-state index >= 15 is 0 Å². The van der Waals surface area contributed by atoms with Crippen LogP contribution < -0.4 is 15.8 Å². The van der Waals surface area contributed by atoms with Crippen molar-refractivity contribution in [1.29, 1.82) is 0 Å². The summed E-state index contributed by atoms with van der Waals surface area (Å²) < 4.78 is 0. The van der Waals surface area contributed by atoms with E-state index < -0.39 is 5.91 Å². The van der Waals surface area contributed by atoms with Crippen LogP contribution in [-0.4, -0.2) is 64.4 Å². The number of amides is 2. The van der Waals surface area contributed by atoms with Crippen molar-refractivity contribution in [2.75, 3.05) is 37.6 Å². The van der Waals surface area contributed by atoms with Crippen molar-refractivity contribution in [2.45, 2.75) is 0 Å². The predicted octanol–water partition coefficient (Wildman–Crippen LogP) is -0.756. The molecule has 0 spiro atoms. The number of aromatic amines is 1. The van der Waals surface area contributed by atoms with Gasteiger partial charge in [0.25, 0.3) is 5.91 Å². The summed E-state index contributed by atoms with van der Waals surface area (Å²) in [6.45, 7) is 2.30. The first kappa shape index (κ1) is 16.6. The molecule has 3 rings (SSSR count). The molecule has 0 aliphatic carbocycles. The van der Waals surface area contributed by atoms with E-state index in [2.05, 4.69) is 20.3 Å². The molecule has 0 bridgehead atoms. The molecule has 0 aromatic carbocycles. The number of carbonyl (C=O) groups is 2. The molecule has 130 valence electrons. The van der Waals surface area contributed by atoms with E-state index in [1.165, 1.54) is 18.3 Å². The molecule has 0 atom stereocenters. The van der Waals surface area contributed by atoms with Crippen molar-refractivity contribution in [3.8, 4) is 0 Å². The van der Waals surface area contributed by atoms with Crippen LogP contribution in [0, 0.1) is 0 Å². The Morgan fingerprint density at radius 1 is 1.12 bits per heavy atom. The molecule has 2 N–H and O–H groups in total. The highest BCUT2D eigenvalue weighted by molar-refractivity contribution is 5.96. The fourth-order valence-corrected chi connectivity index (χ4v) is 2.53. The second-order valence-corrected chi connectivity index (χ2v) is 5.54. The van der Waals surface area contributed by atoms with E-state index in [9.17, 15) is 14.4 Å². The molecular weight excluding hydrogens is 324 g/mol. The third kappa shape index (κ3) is 4.19. The topological polar surface area (TPSA) is 111 Å². The van der Waals surface area contributed by atoms with Crippen LogP contribution in [0.2, 0.25) is 0 Å². The van der Waals surface area contributed by atoms with Gasteiger partial charge in [-0.15, -0.1) is 0 Å². The number of carbonyl (C=O) groups excluding carboxylic acids is 2. The first-order valence-corrected chi connectivity index (χ1v) is 7.90. The second kappa shape index (κ2) is 7.56. The van der Waals surface area contributed by atoms with Crippen LogP contribution in [-0.2, 0) is 4.79 Å². The summed E-state index contributed by atoms with van der Waals surface area (Å²) in [7, 11) is 0. The quantitative estimate of drug-likeness (QED) is 0.756. The van der Waals surface area contributed by atoms with Crippen LogP contribution >= 0.6 is 0 Å². The normalized spacial score (nSPS) is 14.2. The molecule has 25 heavy (non-hydrogen) atoms. The van der Waals surface area contributed by atoms with Gasteiger partial charge in [0.1, 0.15) is 0 Å². The average molecular weight is 342 g/mol. The maximum Gasteiger partial charge on any atom is 0.253 e. The van der Waals surface area contributed by atoms with Gasteiger partial charge in [-0.05, 0) is 12.1 Å². The highest BCUT2D eigenvalue weighted by atomic mass is 16.2. The van der Waals surface area contributed by atoms with Crippen molar-refractivity contribution >= 4 is 17.8 Å². The lowest BCUT2D eigenvalue weighted by atomic mass is 10.2. The molecular formula is C16H18N6O3. The minimum absolute atomic E-state index is 0.0835. The Balaban J connectivity index is 1.47. The summed E-state index contributed by atoms with van der Waals surface area (Å²) in [5.74, 6) is 0.105. The summed E-state index contributed by atoms with van der Waals surface area (Å²) in [4.78, 5) is 49.7. The number of nitrogens with one attached hydrogen (secondary N) is 2. The van der Waals surface area contributed by atoms with Crippen molar-refractivity contribution in [3.05, 3.63) is 52.7 Å². The smallest absolute Gasteiger partial charge is 0.253 e. The van der Waals surface area contributed by atoms with Gasteiger partial charge in [-0.3, -0.25) is 14.4 Å². The number of anilines is 1. The van der Waals surface area contributed by atoms with E-state index in [0.29, 0.717) is 37.7 Å². The number of rotatable bonds is 4. The first-order chi connectivity index (χ1) is 12.1.